The quantitative estimate of drug-likeness (QED) is 0.531. The fourth-order valence-electron chi connectivity index (χ4n) is 1.14. The number of hydrogen-bond acceptors (Lipinski definition) is 6. The minimum absolute atomic E-state index is 0.837. The average molecular weight is 261 g/mol. The lowest BCUT2D eigenvalue weighted by atomic mass is 10.6. The molecule has 0 aromatic carbocycles. The molecule has 16 heavy (non-hydrogen) atoms. The van der Waals surface area contributed by atoms with Crippen LogP contribution in [-0.2, 0) is 6.54 Å². The minimum Gasteiger partial charge on any atom is -0.315 e. The van der Waals surface area contributed by atoms with Crippen LogP contribution >= 0.6 is 23.5 Å². The molecule has 0 saturated carbocycles. The van der Waals surface area contributed by atoms with Gasteiger partial charge in [0, 0.05) is 18.1 Å². The molecule has 0 saturated heterocycles. The maximum Gasteiger partial charge on any atom is 0.209 e. The van der Waals surface area contributed by atoms with Gasteiger partial charge in [-0.2, -0.15) is 11.8 Å². The van der Waals surface area contributed by atoms with Gasteiger partial charge in [-0.3, -0.25) is 0 Å². The molecule has 92 valence electrons. The van der Waals surface area contributed by atoms with E-state index in [4.69, 9.17) is 0 Å². The molecule has 0 amide bonds. The van der Waals surface area contributed by atoms with Gasteiger partial charge in [0.2, 0.25) is 5.16 Å². The first-order valence-electron chi connectivity index (χ1n) is 5.55. The van der Waals surface area contributed by atoms with E-state index in [1.165, 1.54) is 5.75 Å². The SMILES string of the molecule is CCNCCn1nnnc1SCCSCC. The van der Waals surface area contributed by atoms with E-state index in [-0.39, 0.29) is 0 Å². The second-order valence-corrected chi connectivity index (χ2v) is 5.54. The van der Waals surface area contributed by atoms with Crippen LogP contribution in [0.5, 0.6) is 0 Å². The number of aromatic nitrogens is 4. The van der Waals surface area contributed by atoms with Gasteiger partial charge in [0.05, 0.1) is 6.54 Å². The minimum atomic E-state index is 0.837. The molecule has 0 spiro atoms. The van der Waals surface area contributed by atoms with Crippen molar-refractivity contribution in [1.82, 2.24) is 25.5 Å². The zero-order chi connectivity index (χ0) is 11.6. The Labute approximate surface area is 105 Å². The highest BCUT2D eigenvalue weighted by molar-refractivity contribution is 8.02. The zero-order valence-electron chi connectivity index (χ0n) is 9.85. The molecule has 1 rings (SSSR count). The Hall–Kier alpha value is -0.270. The van der Waals surface area contributed by atoms with Crippen molar-refractivity contribution in [3.05, 3.63) is 0 Å². The fraction of sp³-hybridized carbons (Fsp3) is 0.889. The van der Waals surface area contributed by atoms with E-state index >= 15 is 0 Å². The molecule has 1 heterocycles. The van der Waals surface area contributed by atoms with E-state index in [0.717, 1.165) is 36.3 Å². The number of nitrogens with zero attached hydrogens (tertiary/aromatic N) is 4. The van der Waals surface area contributed by atoms with Crippen LogP contribution in [0, 0.1) is 0 Å². The van der Waals surface area contributed by atoms with Gasteiger partial charge in [-0.25, -0.2) is 4.68 Å². The van der Waals surface area contributed by atoms with Gasteiger partial charge in [-0.1, -0.05) is 25.6 Å². The molecule has 0 bridgehead atoms. The Morgan fingerprint density at radius 1 is 1.31 bits per heavy atom. The van der Waals surface area contributed by atoms with Gasteiger partial charge < -0.3 is 5.32 Å². The van der Waals surface area contributed by atoms with E-state index in [1.807, 2.05) is 16.4 Å². The monoisotopic (exact) mass is 261 g/mol. The largest absolute Gasteiger partial charge is 0.315 e. The van der Waals surface area contributed by atoms with Crippen molar-refractivity contribution in [3.8, 4) is 0 Å². The second kappa shape index (κ2) is 8.83. The maximum absolute atomic E-state index is 4.02. The van der Waals surface area contributed by atoms with Crippen LogP contribution in [0.1, 0.15) is 13.8 Å². The summed E-state index contributed by atoms with van der Waals surface area (Å²) in [6.07, 6.45) is 0. The van der Waals surface area contributed by atoms with Crippen molar-refractivity contribution in [2.45, 2.75) is 25.5 Å². The Morgan fingerprint density at radius 2 is 2.19 bits per heavy atom. The third kappa shape index (κ3) is 5.18. The van der Waals surface area contributed by atoms with Gasteiger partial charge in [-0.15, -0.1) is 5.10 Å². The van der Waals surface area contributed by atoms with E-state index in [9.17, 15) is 0 Å². The highest BCUT2D eigenvalue weighted by Gasteiger charge is 2.05. The smallest absolute Gasteiger partial charge is 0.209 e. The molecule has 0 aliphatic heterocycles. The number of thioether (sulfide) groups is 2. The number of likely N-dealkylation sites (N-methyl/N-ethyl adjacent to an activating group) is 1. The van der Waals surface area contributed by atoms with Crippen LogP contribution in [0.15, 0.2) is 5.16 Å². The molecule has 7 heteroatoms. The van der Waals surface area contributed by atoms with Gasteiger partial charge in [0.15, 0.2) is 0 Å². The van der Waals surface area contributed by atoms with Crippen molar-refractivity contribution >= 4 is 23.5 Å². The van der Waals surface area contributed by atoms with Crippen molar-refractivity contribution in [3.63, 3.8) is 0 Å². The molecule has 0 fully saturated rings. The van der Waals surface area contributed by atoms with Crippen LogP contribution in [0.25, 0.3) is 0 Å². The second-order valence-electron chi connectivity index (χ2n) is 3.08. The average Bonchev–Trinajstić information content (AvgIpc) is 2.73. The Bertz CT molecular complexity index is 279. The molecule has 0 aliphatic rings. The summed E-state index contributed by atoms with van der Waals surface area (Å²) >= 11 is 3.68. The van der Waals surface area contributed by atoms with E-state index < -0.39 is 0 Å². The van der Waals surface area contributed by atoms with Crippen molar-refractivity contribution < 1.29 is 0 Å². The predicted octanol–water partition coefficient (Wildman–Crippen LogP) is 1.13. The number of rotatable bonds is 9. The lowest BCUT2D eigenvalue weighted by Gasteiger charge is -2.04. The maximum atomic E-state index is 4.02. The zero-order valence-corrected chi connectivity index (χ0v) is 11.5. The molecule has 5 nitrogen and oxygen atoms in total. The molecule has 1 aromatic rings. The summed E-state index contributed by atoms with van der Waals surface area (Å²) in [5, 5.41) is 15.9. The van der Waals surface area contributed by atoms with Crippen LogP contribution in [0.3, 0.4) is 0 Å². The first kappa shape index (κ1) is 13.8. The first-order valence-corrected chi connectivity index (χ1v) is 7.70. The molecule has 1 aromatic heterocycles. The van der Waals surface area contributed by atoms with E-state index in [1.54, 1.807) is 11.8 Å². The van der Waals surface area contributed by atoms with Gasteiger partial charge in [-0.05, 0) is 22.7 Å². The number of hydrogen-bond donors (Lipinski definition) is 1. The number of tetrazole rings is 1. The van der Waals surface area contributed by atoms with Crippen molar-refractivity contribution in [2.24, 2.45) is 0 Å². The summed E-state index contributed by atoms with van der Waals surface area (Å²) in [5.74, 6) is 3.40. The standard InChI is InChI=1S/C9H19N5S2/c1-3-10-5-6-14-9(11-12-13-14)16-8-7-15-4-2/h10H,3-8H2,1-2H3. The summed E-state index contributed by atoms with van der Waals surface area (Å²) in [7, 11) is 0. The third-order valence-electron chi connectivity index (χ3n) is 1.91. The summed E-state index contributed by atoms with van der Waals surface area (Å²) in [5.41, 5.74) is 0. The Balaban J connectivity index is 2.26. The Morgan fingerprint density at radius 3 is 2.94 bits per heavy atom. The van der Waals surface area contributed by atoms with Crippen LogP contribution in [-0.4, -0.2) is 50.6 Å². The number of nitrogens with one attached hydrogen (secondary N) is 1. The lowest BCUT2D eigenvalue weighted by molar-refractivity contribution is 0.518. The van der Waals surface area contributed by atoms with Crippen molar-refractivity contribution in [1.29, 1.82) is 0 Å². The van der Waals surface area contributed by atoms with Gasteiger partial charge in [0.1, 0.15) is 0 Å². The molecule has 1 N–H and O–H groups in total. The summed E-state index contributed by atoms with van der Waals surface area (Å²) < 4.78 is 1.87. The van der Waals surface area contributed by atoms with E-state index in [2.05, 4.69) is 34.7 Å². The highest BCUT2D eigenvalue weighted by atomic mass is 32.2. The third-order valence-corrected chi connectivity index (χ3v) is 4.03. The van der Waals surface area contributed by atoms with Gasteiger partial charge >= 0.3 is 0 Å². The topological polar surface area (TPSA) is 55.6 Å². The van der Waals surface area contributed by atoms with Crippen LogP contribution < -0.4 is 5.32 Å². The normalized spacial score (nSPS) is 10.9. The fourth-order valence-corrected chi connectivity index (χ4v) is 2.79. The Kier molecular flexibility index (Phi) is 7.62. The van der Waals surface area contributed by atoms with Crippen molar-refractivity contribution in [2.75, 3.05) is 30.3 Å². The molecule has 0 atom stereocenters. The molecule has 0 radical (unpaired) electrons. The molecule has 0 unspecified atom stereocenters. The lowest BCUT2D eigenvalue weighted by Crippen LogP contribution is -2.20. The summed E-state index contributed by atoms with van der Waals surface area (Å²) in [6, 6.07) is 0. The summed E-state index contributed by atoms with van der Waals surface area (Å²) in [4.78, 5) is 0. The predicted molar refractivity (Wildman–Crippen MR) is 70.1 cm³/mol. The molecular formula is C9H19N5S2. The van der Waals surface area contributed by atoms with Gasteiger partial charge in [0.25, 0.3) is 0 Å². The summed E-state index contributed by atoms with van der Waals surface area (Å²) in [6.45, 7) is 7.01. The van der Waals surface area contributed by atoms with Crippen LogP contribution in [0.4, 0.5) is 0 Å². The highest BCUT2D eigenvalue weighted by Crippen LogP contribution is 2.15. The molecular weight excluding hydrogens is 242 g/mol. The van der Waals surface area contributed by atoms with E-state index in [0.29, 0.717) is 0 Å². The molecule has 0 aliphatic carbocycles. The van der Waals surface area contributed by atoms with Crippen LogP contribution in [0.2, 0.25) is 0 Å². The first-order chi connectivity index (χ1) is 7.88.